The number of nitrogens with two attached hydrogens (primary N) is 1. The number of hydrogen-bond donors (Lipinski definition) is 1. The van der Waals surface area contributed by atoms with E-state index in [2.05, 4.69) is 0 Å². The molecule has 0 fully saturated rings. The third kappa shape index (κ3) is 3.27. The summed E-state index contributed by atoms with van der Waals surface area (Å²) in [7, 11) is 1.69. The molecule has 0 aromatic carbocycles. The fraction of sp³-hybridized carbons (Fsp3) is 0.714. The molecule has 0 bridgehead atoms. The Bertz CT molecular complexity index is 99.1. The van der Waals surface area contributed by atoms with Crippen molar-refractivity contribution in [3.63, 3.8) is 0 Å². The maximum absolute atomic E-state index is 5.29. The lowest BCUT2D eigenvalue weighted by atomic mass is 10.2. The van der Waals surface area contributed by atoms with E-state index in [-0.39, 0.29) is 6.10 Å². The molecule has 0 radical (unpaired) electrons. The van der Waals surface area contributed by atoms with Crippen molar-refractivity contribution in [1.82, 2.24) is 0 Å². The molecule has 2 nitrogen and oxygen atoms in total. The van der Waals surface area contributed by atoms with E-state index >= 15 is 0 Å². The van der Waals surface area contributed by atoms with Gasteiger partial charge in [0.1, 0.15) is 0 Å². The molecule has 0 rings (SSSR count). The third-order valence-corrected chi connectivity index (χ3v) is 1.43. The molecule has 0 spiro atoms. The van der Waals surface area contributed by atoms with Crippen LogP contribution in [0.1, 0.15) is 13.8 Å². The molecule has 0 heterocycles. The fourth-order valence-electron chi connectivity index (χ4n) is 0.538. The molecule has 1 atom stereocenters. The standard InChI is InChI=1S/C7H15NO/c1-6(4-5-8)7(2)9-3/h4,7H,5,8H2,1-3H3. The molecule has 54 valence electrons. The highest BCUT2D eigenvalue weighted by Gasteiger charge is 1.98. The monoisotopic (exact) mass is 129 g/mol. The summed E-state index contributed by atoms with van der Waals surface area (Å²) in [5, 5.41) is 0. The Morgan fingerprint density at radius 3 is 2.67 bits per heavy atom. The predicted molar refractivity (Wildman–Crippen MR) is 39.3 cm³/mol. The zero-order chi connectivity index (χ0) is 7.28. The van der Waals surface area contributed by atoms with E-state index < -0.39 is 0 Å². The van der Waals surface area contributed by atoms with Gasteiger partial charge in [0.2, 0.25) is 0 Å². The second kappa shape index (κ2) is 4.53. The highest BCUT2D eigenvalue weighted by atomic mass is 16.5. The van der Waals surface area contributed by atoms with Gasteiger partial charge in [-0.1, -0.05) is 6.08 Å². The molecule has 0 saturated carbocycles. The number of ether oxygens (including phenoxy) is 1. The second-order valence-electron chi connectivity index (χ2n) is 2.06. The van der Waals surface area contributed by atoms with Crippen molar-refractivity contribution >= 4 is 0 Å². The van der Waals surface area contributed by atoms with Crippen LogP contribution in [0.15, 0.2) is 11.6 Å². The molecule has 0 aromatic heterocycles. The van der Waals surface area contributed by atoms with E-state index in [1.165, 1.54) is 5.57 Å². The van der Waals surface area contributed by atoms with Crippen LogP contribution < -0.4 is 5.73 Å². The summed E-state index contributed by atoms with van der Waals surface area (Å²) in [5.41, 5.74) is 6.48. The van der Waals surface area contributed by atoms with E-state index in [1.807, 2.05) is 19.9 Å². The van der Waals surface area contributed by atoms with Crippen molar-refractivity contribution in [1.29, 1.82) is 0 Å². The van der Waals surface area contributed by atoms with Crippen LogP contribution in [0.4, 0.5) is 0 Å². The van der Waals surface area contributed by atoms with E-state index in [1.54, 1.807) is 7.11 Å². The van der Waals surface area contributed by atoms with E-state index in [0.717, 1.165) is 0 Å². The molecule has 1 unspecified atom stereocenters. The van der Waals surface area contributed by atoms with Gasteiger partial charge in [0.15, 0.2) is 0 Å². The Hall–Kier alpha value is -0.340. The normalized spacial score (nSPS) is 15.8. The summed E-state index contributed by atoms with van der Waals surface area (Å²) in [6.07, 6.45) is 2.17. The van der Waals surface area contributed by atoms with Crippen LogP contribution in [0.5, 0.6) is 0 Å². The van der Waals surface area contributed by atoms with Gasteiger partial charge in [-0.3, -0.25) is 0 Å². The largest absolute Gasteiger partial charge is 0.377 e. The molecule has 9 heavy (non-hydrogen) atoms. The Morgan fingerprint density at radius 2 is 2.33 bits per heavy atom. The molecule has 2 N–H and O–H groups in total. The van der Waals surface area contributed by atoms with Crippen molar-refractivity contribution in [2.24, 2.45) is 5.73 Å². The van der Waals surface area contributed by atoms with E-state index in [4.69, 9.17) is 10.5 Å². The summed E-state index contributed by atoms with van der Waals surface area (Å²) in [4.78, 5) is 0. The van der Waals surface area contributed by atoms with Crippen LogP contribution >= 0.6 is 0 Å². The highest BCUT2D eigenvalue weighted by Crippen LogP contribution is 2.01. The second-order valence-corrected chi connectivity index (χ2v) is 2.06. The molecule has 0 aliphatic carbocycles. The topological polar surface area (TPSA) is 35.2 Å². The van der Waals surface area contributed by atoms with Crippen LogP contribution in [-0.2, 0) is 4.74 Å². The molecule has 2 heteroatoms. The van der Waals surface area contributed by atoms with Crippen molar-refractivity contribution in [2.45, 2.75) is 20.0 Å². The van der Waals surface area contributed by atoms with Crippen LogP contribution in [0, 0.1) is 0 Å². The first-order valence-electron chi connectivity index (χ1n) is 3.12. The van der Waals surface area contributed by atoms with Gasteiger partial charge in [-0.15, -0.1) is 0 Å². The highest BCUT2D eigenvalue weighted by molar-refractivity contribution is 5.03. The van der Waals surface area contributed by atoms with Gasteiger partial charge in [-0.05, 0) is 19.4 Å². The molecular formula is C7H15NO. The fourth-order valence-corrected chi connectivity index (χ4v) is 0.538. The minimum absolute atomic E-state index is 0.202. The number of rotatable bonds is 3. The summed E-state index contributed by atoms with van der Waals surface area (Å²) < 4.78 is 5.04. The maximum Gasteiger partial charge on any atom is 0.0750 e. The SMILES string of the molecule is COC(C)C(C)=CCN. The van der Waals surface area contributed by atoms with Crippen molar-refractivity contribution in [2.75, 3.05) is 13.7 Å². The van der Waals surface area contributed by atoms with Crippen molar-refractivity contribution in [3.05, 3.63) is 11.6 Å². The number of hydrogen-bond acceptors (Lipinski definition) is 2. The van der Waals surface area contributed by atoms with Gasteiger partial charge in [0.25, 0.3) is 0 Å². The average molecular weight is 129 g/mol. The molecule has 0 aromatic rings. The first kappa shape index (κ1) is 8.66. The first-order chi connectivity index (χ1) is 4.22. The Kier molecular flexibility index (Phi) is 4.36. The molecular weight excluding hydrogens is 114 g/mol. The van der Waals surface area contributed by atoms with Gasteiger partial charge < -0.3 is 10.5 Å². The Morgan fingerprint density at radius 1 is 1.78 bits per heavy atom. The van der Waals surface area contributed by atoms with Gasteiger partial charge in [0.05, 0.1) is 6.10 Å². The lowest BCUT2D eigenvalue weighted by molar-refractivity contribution is 0.147. The Balaban J connectivity index is 3.70. The lowest BCUT2D eigenvalue weighted by Crippen LogP contribution is -2.08. The van der Waals surface area contributed by atoms with Gasteiger partial charge in [-0.2, -0.15) is 0 Å². The van der Waals surface area contributed by atoms with Crippen LogP contribution in [0.25, 0.3) is 0 Å². The van der Waals surface area contributed by atoms with Gasteiger partial charge in [-0.25, -0.2) is 0 Å². The minimum atomic E-state index is 0.202. The quantitative estimate of drug-likeness (QED) is 0.575. The molecule has 0 aliphatic heterocycles. The predicted octanol–water partition coefficient (Wildman–Crippen LogP) is 0.926. The first-order valence-corrected chi connectivity index (χ1v) is 3.12. The summed E-state index contributed by atoms with van der Waals surface area (Å²) in [6, 6.07) is 0. The Labute approximate surface area is 56.7 Å². The van der Waals surface area contributed by atoms with E-state index in [9.17, 15) is 0 Å². The van der Waals surface area contributed by atoms with Gasteiger partial charge in [0, 0.05) is 13.7 Å². The van der Waals surface area contributed by atoms with Crippen molar-refractivity contribution < 1.29 is 4.74 Å². The minimum Gasteiger partial charge on any atom is -0.377 e. The van der Waals surface area contributed by atoms with Crippen LogP contribution in [0.2, 0.25) is 0 Å². The summed E-state index contributed by atoms with van der Waals surface area (Å²) >= 11 is 0. The van der Waals surface area contributed by atoms with Crippen molar-refractivity contribution in [3.8, 4) is 0 Å². The zero-order valence-electron chi connectivity index (χ0n) is 6.35. The van der Waals surface area contributed by atoms with Crippen LogP contribution in [-0.4, -0.2) is 19.8 Å². The van der Waals surface area contributed by atoms with Crippen LogP contribution in [0.3, 0.4) is 0 Å². The summed E-state index contributed by atoms with van der Waals surface area (Å²) in [6.45, 7) is 4.61. The number of methoxy groups -OCH3 is 1. The maximum atomic E-state index is 5.29. The third-order valence-electron chi connectivity index (χ3n) is 1.43. The smallest absolute Gasteiger partial charge is 0.0750 e. The molecule has 0 saturated heterocycles. The molecule has 0 amide bonds. The lowest BCUT2D eigenvalue weighted by Gasteiger charge is -2.08. The summed E-state index contributed by atoms with van der Waals surface area (Å²) in [5.74, 6) is 0. The average Bonchev–Trinajstić information content (AvgIpc) is 1.87. The van der Waals surface area contributed by atoms with E-state index in [0.29, 0.717) is 6.54 Å². The van der Waals surface area contributed by atoms with Gasteiger partial charge >= 0.3 is 0 Å². The molecule has 0 aliphatic rings. The zero-order valence-corrected chi connectivity index (χ0v) is 6.35.